The van der Waals surface area contributed by atoms with Crippen molar-refractivity contribution in [2.75, 3.05) is 13.7 Å². The lowest BCUT2D eigenvalue weighted by Crippen LogP contribution is -2.25. The Morgan fingerprint density at radius 2 is 2.25 bits per heavy atom. The molecule has 1 N–H and O–H groups in total. The molecular formula is C7H12ClN3O. The van der Waals surface area contributed by atoms with Gasteiger partial charge in [0.1, 0.15) is 5.82 Å². The summed E-state index contributed by atoms with van der Waals surface area (Å²) in [5, 5.41) is 6.74. The molecule has 12 heavy (non-hydrogen) atoms. The molecule has 1 aromatic heterocycles. The molecule has 0 aliphatic carbocycles. The van der Waals surface area contributed by atoms with Crippen molar-refractivity contribution in [3.63, 3.8) is 0 Å². The van der Waals surface area contributed by atoms with Crippen LogP contribution in [0.3, 0.4) is 0 Å². The van der Waals surface area contributed by atoms with Gasteiger partial charge in [0.2, 0.25) is 5.28 Å². The molecule has 0 radical (unpaired) electrons. The summed E-state index contributed by atoms with van der Waals surface area (Å²) >= 11 is 5.57. The van der Waals surface area contributed by atoms with Crippen LogP contribution in [0.1, 0.15) is 19.7 Å². The number of ether oxygens (including phenoxy) is 1. The van der Waals surface area contributed by atoms with Crippen LogP contribution in [0.25, 0.3) is 0 Å². The van der Waals surface area contributed by atoms with Crippen molar-refractivity contribution in [3.05, 3.63) is 11.1 Å². The molecular weight excluding hydrogens is 178 g/mol. The quantitative estimate of drug-likeness (QED) is 0.782. The van der Waals surface area contributed by atoms with Crippen molar-refractivity contribution in [1.82, 2.24) is 15.2 Å². The van der Waals surface area contributed by atoms with E-state index in [1.165, 1.54) is 0 Å². The molecule has 0 saturated carbocycles. The van der Waals surface area contributed by atoms with Gasteiger partial charge in [-0.3, -0.25) is 5.10 Å². The van der Waals surface area contributed by atoms with Gasteiger partial charge in [0, 0.05) is 12.5 Å². The first-order chi connectivity index (χ1) is 5.56. The first-order valence-electron chi connectivity index (χ1n) is 3.63. The van der Waals surface area contributed by atoms with Gasteiger partial charge in [0.15, 0.2) is 0 Å². The molecule has 0 aromatic carbocycles. The molecule has 68 valence electrons. The molecule has 0 bridgehead atoms. The van der Waals surface area contributed by atoms with E-state index in [0.29, 0.717) is 6.61 Å². The van der Waals surface area contributed by atoms with Crippen molar-refractivity contribution in [2.24, 2.45) is 0 Å². The number of nitrogens with one attached hydrogen (secondary N) is 1. The fourth-order valence-electron chi connectivity index (χ4n) is 0.973. The van der Waals surface area contributed by atoms with Crippen LogP contribution in [0.4, 0.5) is 0 Å². The van der Waals surface area contributed by atoms with E-state index in [2.05, 4.69) is 15.2 Å². The number of methoxy groups -OCH3 is 1. The standard InChI is InChI=1S/C7H12ClN3O/c1-7(2,4-12-3)5-9-6(8)11-10-5/h4H2,1-3H3,(H,9,10,11). The zero-order valence-corrected chi connectivity index (χ0v) is 8.14. The number of H-pyrrole nitrogens is 1. The van der Waals surface area contributed by atoms with E-state index in [4.69, 9.17) is 16.3 Å². The van der Waals surface area contributed by atoms with Gasteiger partial charge in [0.25, 0.3) is 0 Å². The third-order valence-electron chi connectivity index (χ3n) is 1.60. The Kier molecular flexibility index (Phi) is 2.69. The number of halogens is 1. The molecule has 0 amide bonds. The van der Waals surface area contributed by atoms with E-state index >= 15 is 0 Å². The third kappa shape index (κ3) is 1.95. The van der Waals surface area contributed by atoms with Crippen LogP contribution in [0.2, 0.25) is 5.28 Å². The molecule has 1 aromatic rings. The molecule has 0 aliphatic heterocycles. The first-order valence-corrected chi connectivity index (χ1v) is 4.01. The highest BCUT2D eigenvalue weighted by atomic mass is 35.5. The maximum Gasteiger partial charge on any atom is 0.242 e. The van der Waals surface area contributed by atoms with Gasteiger partial charge in [0.05, 0.1) is 6.61 Å². The number of aromatic nitrogens is 3. The van der Waals surface area contributed by atoms with Gasteiger partial charge in [-0.05, 0) is 11.6 Å². The van der Waals surface area contributed by atoms with E-state index in [1.54, 1.807) is 7.11 Å². The van der Waals surface area contributed by atoms with Crippen molar-refractivity contribution in [3.8, 4) is 0 Å². The summed E-state index contributed by atoms with van der Waals surface area (Å²) in [4.78, 5) is 4.02. The molecule has 0 saturated heterocycles. The van der Waals surface area contributed by atoms with Gasteiger partial charge in [-0.2, -0.15) is 0 Å². The minimum absolute atomic E-state index is 0.172. The lowest BCUT2D eigenvalue weighted by Gasteiger charge is -2.19. The normalized spacial score (nSPS) is 12.0. The lowest BCUT2D eigenvalue weighted by molar-refractivity contribution is 0.142. The fraction of sp³-hybridized carbons (Fsp3) is 0.714. The van der Waals surface area contributed by atoms with Gasteiger partial charge in [-0.1, -0.05) is 13.8 Å². The zero-order valence-electron chi connectivity index (χ0n) is 7.39. The van der Waals surface area contributed by atoms with Crippen LogP contribution < -0.4 is 0 Å². The molecule has 4 nitrogen and oxygen atoms in total. The fourth-order valence-corrected chi connectivity index (χ4v) is 1.10. The monoisotopic (exact) mass is 189 g/mol. The van der Waals surface area contributed by atoms with Crippen LogP contribution >= 0.6 is 11.6 Å². The predicted octanol–water partition coefficient (Wildman–Crippen LogP) is 1.38. The summed E-state index contributed by atoms with van der Waals surface area (Å²) in [6.07, 6.45) is 0. The van der Waals surface area contributed by atoms with Gasteiger partial charge >= 0.3 is 0 Å². The SMILES string of the molecule is COCC(C)(C)c1nc(Cl)n[nH]1. The summed E-state index contributed by atoms with van der Waals surface area (Å²) in [6, 6.07) is 0. The summed E-state index contributed by atoms with van der Waals surface area (Å²) in [5.74, 6) is 0.745. The third-order valence-corrected chi connectivity index (χ3v) is 1.77. The smallest absolute Gasteiger partial charge is 0.242 e. The zero-order chi connectivity index (χ0) is 9.19. The number of nitrogens with zero attached hydrogens (tertiary/aromatic N) is 2. The Balaban J connectivity index is 2.81. The molecule has 0 spiro atoms. The Morgan fingerprint density at radius 1 is 1.58 bits per heavy atom. The first kappa shape index (κ1) is 9.48. The molecule has 0 unspecified atom stereocenters. The summed E-state index contributed by atoms with van der Waals surface area (Å²) < 4.78 is 5.04. The van der Waals surface area contributed by atoms with Crippen LogP contribution in [0, 0.1) is 0 Å². The highest BCUT2D eigenvalue weighted by Crippen LogP contribution is 2.19. The summed E-state index contributed by atoms with van der Waals surface area (Å²) in [5.41, 5.74) is -0.172. The van der Waals surface area contributed by atoms with Crippen molar-refractivity contribution in [2.45, 2.75) is 19.3 Å². The predicted molar refractivity (Wildman–Crippen MR) is 46.3 cm³/mol. The largest absolute Gasteiger partial charge is 0.384 e. The van der Waals surface area contributed by atoms with Crippen LogP contribution in [0.15, 0.2) is 0 Å². The molecule has 1 heterocycles. The summed E-state index contributed by atoms with van der Waals surface area (Å²) in [6.45, 7) is 4.60. The Labute approximate surface area is 76.3 Å². The second kappa shape index (κ2) is 3.41. The molecule has 5 heteroatoms. The van der Waals surface area contributed by atoms with E-state index < -0.39 is 0 Å². The van der Waals surface area contributed by atoms with Crippen molar-refractivity contribution >= 4 is 11.6 Å². The Morgan fingerprint density at radius 3 is 2.67 bits per heavy atom. The van der Waals surface area contributed by atoms with Gasteiger partial charge in [-0.25, -0.2) is 4.98 Å². The summed E-state index contributed by atoms with van der Waals surface area (Å²) in [7, 11) is 1.65. The van der Waals surface area contributed by atoms with Crippen LogP contribution in [-0.2, 0) is 10.2 Å². The average Bonchev–Trinajstić information content (AvgIpc) is 2.36. The molecule has 0 atom stereocenters. The molecule has 1 rings (SSSR count). The highest BCUT2D eigenvalue weighted by molar-refractivity contribution is 6.28. The maximum absolute atomic E-state index is 5.57. The van der Waals surface area contributed by atoms with E-state index in [0.717, 1.165) is 5.82 Å². The van der Waals surface area contributed by atoms with Gasteiger partial charge < -0.3 is 4.74 Å². The molecule has 0 fully saturated rings. The average molecular weight is 190 g/mol. The van der Waals surface area contributed by atoms with Crippen LogP contribution in [0.5, 0.6) is 0 Å². The number of aromatic amines is 1. The van der Waals surface area contributed by atoms with Crippen molar-refractivity contribution in [1.29, 1.82) is 0 Å². The number of hydrogen-bond donors (Lipinski definition) is 1. The topological polar surface area (TPSA) is 50.8 Å². The Bertz CT molecular complexity index is 259. The van der Waals surface area contributed by atoms with Crippen LogP contribution in [-0.4, -0.2) is 28.9 Å². The van der Waals surface area contributed by atoms with Crippen molar-refractivity contribution < 1.29 is 4.74 Å². The minimum atomic E-state index is -0.172. The van der Waals surface area contributed by atoms with E-state index in [1.807, 2.05) is 13.8 Å². The maximum atomic E-state index is 5.57. The number of rotatable bonds is 3. The second-order valence-corrected chi connectivity index (χ2v) is 3.61. The minimum Gasteiger partial charge on any atom is -0.384 e. The van der Waals surface area contributed by atoms with E-state index in [9.17, 15) is 0 Å². The van der Waals surface area contributed by atoms with Gasteiger partial charge in [-0.15, -0.1) is 5.10 Å². The second-order valence-electron chi connectivity index (χ2n) is 3.27. The molecule has 0 aliphatic rings. The Hall–Kier alpha value is -0.610. The highest BCUT2D eigenvalue weighted by Gasteiger charge is 2.24. The number of hydrogen-bond acceptors (Lipinski definition) is 3. The van der Waals surface area contributed by atoms with E-state index in [-0.39, 0.29) is 10.7 Å². The lowest BCUT2D eigenvalue weighted by atomic mass is 9.94.